The predicted molar refractivity (Wildman–Crippen MR) is 72.7 cm³/mol. The van der Waals surface area contributed by atoms with E-state index in [1.165, 1.54) is 0 Å². The van der Waals surface area contributed by atoms with Gasteiger partial charge in [0.25, 0.3) is 0 Å². The molecule has 3 nitrogen and oxygen atoms in total. The molecule has 0 saturated carbocycles. The second kappa shape index (κ2) is 5.23. The summed E-state index contributed by atoms with van der Waals surface area (Å²) in [5.74, 6) is 1.000. The molecule has 0 aliphatic carbocycles. The molecule has 0 aromatic heterocycles. The zero-order chi connectivity index (χ0) is 13.4. The van der Waals surface area contributed by atoms with Crippen LogP contribution in [0.15, 0.2) is 30.3 Å². The maximum absolute atomic E-state index is 6.16. The van der Waals surface area contributed by atoms with Crippen LogP contribution in [0.1, 0.15) is 32.6 Å². The first-order valence-electron chi connectivity index (χ1n) is 7.14. The number of rotatable bonds is 1. The molecule has 0 N–H and O–H groups in total. The topological polar surface area (TPSA) is 27.7 Å². The number of fused-ring (bicyclic) bond motifs is 1. The first-order valence-corrected chi connectivity index (χ1v) is 7.14. The van der Waals surface area contributed by atoms with Crippen molar-refractivity contribution in [3.05, 3.63) is 35.9 Å². The summed E-state index contributed by atoms with van der Waals surface area (Å²) >= 11 is 0. The van der Waals surface area contributed by atoms with Crippen LogP contribution < -0.4 is 0 Å². The zero-order valence-electron chi connectivity index (χ0n) is 11.8. The van der Waals surface area contributed by atoms with E-state index < -0.39 is 0 Å². The van der Waals surface area contributed by atoms with Crippen LogP contribution in [0.3, 0.4) is 0 Å². The average molecular weight is 262 g/mol. The van der Waals surface area contributed by atoms with Crippen LogP contribution in [-0.2, 0) is 14.2 Å². The molecule has 0 spiro atoms. The molecule has 2 aliphatic heterocycles. The molecule has 104 valence electrons. The minimum atomic E-state index is -0.255. The van der Waals surface area contributed by atoms with E-state index in [9.17, 15) is 0 Å². The Kier molecular flexibility index (Phi) is 3.61. The zero-order valence-corrected chi connectivity index (χ0v) is 11.8. The lowest BCUT2D eigenvalue weighted by molar-refractivity contribution is -0.308. The molecule has 2 fully saturated rings. The van der Waals surface area contributed by atoms with E-state index in [0.29, 0.717) is 18.4 Å². The van der Waals surface area contributed by atoms with Crippen molar-refractivity contribution in [2.45, 2.75) is 45.4 Å². The van der Waals surface area contributed by atoms with E-state index in [2.05, 4.69) is 20.8 Å². The number of ether oxygens (including phenoxy) is 3. The molecule has 3 rings (SSSR count). The minimum absolute atomic E-state index is 0.0705. The molecule has 6 atom stereocenters. The van der Waals surface area contributed by atoms with Crippen molar-refractivity contribution in [3.8, 4) is 0 Å². The highest BCUT2D eigenvalue weighted by molar-refractivity contribution is 5.16. The van der Waals surface area contributed by atoms with Crippen LogP contribution in [0.5, 0.6) is 0 Å². The molecule has 0 amide bonds. The van der Waals surface area contributed by atoms with E-state index in [4.69, 9.17) is 14.2 Å². The van der Waals surface area contributed by atoms with Crippen molar-refractivity contribution >= 4 is 0 Å². The molecule has 2 aliphatic rings. The third-order valence-electron chi connectivity index (χ3n) is 4.61. The van der Waals surface area contributed by atoms with Crippen LogP contribution in [0, 0.1) is 11.8 Å². The molecular weight excluding hydrogens is 240 g/mol. The van der Waals surface area contributed by atoms with E-state index >= 15 is 0 Å². The Morgan fingerprint density at radius 2 is 1.68 bits per heavy atom. The molecule has 3 heteroatoms. The standard InChI is InChI=1S/C16H22O3/c1-10-11(2)15-14(18-12(10)3)9-17-16(19-15)13-7-5-4-6-8-13/h4-8,10-12,14-16H,9H2,1-3H3. The Balaban J connectivity index is 1.75. The summed E-state index contributed by atoms with van der Waals surface area (Å²) in [7, 11) is 0. The van der Waals surface area contributed by atoms with Gasteiger partial charge in [-0.15, -0.1) is 0 Å². The van der Waals surface area contributed by atoms with Gasteiger partial charge in [0.1, 0.15) is 6.10 Å². The van der Waals surface area contributed by atoms with Crippen LogP contribution in [0.25, 0.3) is 0 Å². The van der Waals surface area contributed by atoms with Crippen LogP contribution >= 0.6 is 0 Å². The van der Waals surface area contributed by atoms with Gasteiger partial charge in [-0.05, 0) is 18.8 Å². The van der Waals surface area contributed by atoms with Crippen molar-refractivity contribution in [2.24, 2.45) is 11.8 Å². The van der Waals surface area contributed by atoms with Crippen LogP contribution in [0.4, 0.5) is 0 Å². The van der Waals surface area contributed by atoms with Gasteiger partial charge >= 0.3 is 0 Å². The summed E-state index contributed by atoms with van der Waals surface area (Å²) in [6.07, 6.45) is 0.220. The second-order valence-electron chi connectivity index (χ2n) is 5.77. The van der Waals surface area contributed by atoms with Gasteiger partial charge in [-0.1, -0.05) is 44.2 Å². The highest BCUT2D eigenvalue weighted by Gasteiger charge is 2.44. The fourth-order valence-electron chi connectivity index (χ4n) is 3.04. The monoisotopic (exact) mass is 262 g/mol. The first-order chi connectivity index (χ1) is 9.16. The Hall–Kier alpha value is -0.900. The highest BCUT2D eigenvalue weighted by atomic mass is 16.7. The second-order valence-corrected chi connectivity index (χ2v) is 5.77. The summed E-state index contributed by atoms with van der Waals surface area (Å²) in [5, 5.41) is 0. The van der Waals surface area contributed by atoms with E-state index in [1.54, 1.807) is 0 Å². The Bertz CT molecular complexity index is 417. The van der Waals surface area contributed by atoms with Crippen molar-refractivity contribution in [3.63, 3.8) is 0 Å². The smallest absolute Gasteiger partial charge is 0.184 e. The molecule has 0 radical (unpaired) electrons. The van der Waals surface area contributed by atoms with E-state index in [0.717, 1.165) is 5.56 Å². The molecule has 1 aromatic rings. The summed E-state index contributed by atoms with van der Waals surface area (Å²) < 4.78 is 18.0. The summed E-state index contributed by atoms with van der Waals surface area (Å²) in [4.78, 5) is 0. The van der Waals surface area contributed by atoms with Gasteiger partial charge in [-0.25, -0.2) is 0 Å². The van der Waals surface area contributed by atoms with Gasteiger partial charge in [0.2, 0.25) is 0 Å². The van der Waals surface area contributed by atoms with Gasteiger partial charge in [-0.2, -0.15) is 0 Å². The highest BCUT2D eigenvalue weighted by Crippen LogP contribution is 2.38. The average Bonchev–Trinajstić information content (AvgIpc) is 2.46. The molecule has 6 unspecified atom stereocenters. The number of hydrogen-bond donors (Lipinski definition) is 0. The lowest BCUT2D eigenvalue weighted by atomic mass is 9.81. The summed E-state index contributed by atoms with van der Waals surface area (Å²) in [6, 6.07) is 10.1. The van der Waals surface area contributed by atoms with Gasteiger partial charge in [0.15, 0.2) is 6.29 Å². The predicted octanol–water partition coefficient (Wildman–Crippen LogP) is 3.16. The summed E-state index contributed by atoms with van der Waals surface area (Å²) in [5.41, 5.74) is 1.08. The normalized spacial score (nSPS) is 42.7. The number of hydrogen-bond acceptors (Lipinski definition) is 3. The largest absolute Gasteiger partial charge is 0.370 e. The maximum Gasteiger partial charge on any atom is 0.184 e. The van der Waals surface area contributed by atoms with Crippen LogP contribution in [-0.4, -0.2) is 24.9 Å². The Morgan fingerprint density at radius 1 is 0.947 bits per heavy atom. The molecule has 0 bridgehead atoms. The maximum atomic E-state index is 6.16. The van der Waals surface area contributed by atoms with Crippen molar-refractivity contribution in [1.82, 2.24) is 0 Å². The Labute approximate surface area is 114 Å². The van der Waals surface area contributed by atoms with Gasteiger partial charge in [0, 0.05) is 5.56 Å². The van der Waals surface area contributed by atoms with Crippen molar-refractivity contribution < 1.29 is 14.2 Å². The lowest BCUT2D eigenvalue weighted by Gasteiger charge is -2.47. The minimum Gasteiger partial charge on any atom is -0.370 e. The fraction of sp³-hybridized carbons (Fsp3) is 0.625. The molecular formula is C16H22O3. The van der Waals surface area contributed by atoms with E-state index in [-0.39, 0.29) is 24.6 Å². The van der Waals surface area contributed by atoms with Crippen molar-refractivity contribution in [1.29, 1.82) is 0 Å². The SMILES string of the molecule is CC1OC2COC(c3ccccc3)OC2C(C)C1C. The molecule has 2 saturated heterocycles. The van der Waals surface area contributed by atoms with Crippen LogP contribution in [0.2, 0.25) is 0 Å². The molecule has 19 heavy (non-hydrogen) atoms. The van der Waals surface area contributed by atoms with E-state index in [1.807, 2.05) is 30.3 Å². The van der Waals surface area contributed by atoms with Gasteiger partial charge < -0.3 is 14.2 Å². The quantitative estimate of drug-likeness (QED) is 0.778. The third kappa shape index (κ3) is 2.42. The fourth-order valence-corrected chi connectivity index (χ4v) is 3.04. The van der Waals surface area contributed by atoms with Gasteiger partial charge in [-0.3, -0.25) is 0 Å². The number of benzene rings is 1. The lowest BCUT2D eigenvalue weighted by Crippen LogP contribution is -2.54. The Morgan fingerprint density at radius 3 is 2.42 bits per heavy atom. The summed E-state index contributed by atoms with van der Waals surface area (Å²) in [6.45, 7) is 7.25. The molecule has 1 aromatic carbocycles. The first kappa shape index (κ1) is 13.1. The van der Waals surface area contributed by atoms with Gasteiger partial charge in [0.05, 0.1) is 18.8 Å². The molecule has 2 heterocycles. The third-order valence-corrected chi connectivity index (χ3v) is 4.61. The van der Waals surface area contributed by atoms with Crippen molar-refractivity contribution in [2.75, 3.05) is 6.61 Å².